The summed E-state index contributed by atoms with van der Waals surface area (Å²) in [6.07, 6.45) is 7.36. The third-order valence-corrected chi connectivity index (χ3v) is 25.6. The lowest BCUT2D eigenvalue weighted by Crippen LogP contribution is -2.38. The summed E-state index contributed by atoms with van der Waals surface area (Å²) < 4.78 is 99.5. The molecule has 31 nitrogen and oxygen atoms in total. The van der Waals surface area contributed by atoms with Crippen LogP contribution in [0.15, 0.2) is 164 Å². The summed E-state index contributed by atoms with van der Waals surface area (Å²) in [5.74, 6) is 5.72. The normalized spacial score (nSPS) is 15.1. The maximum Gasteiger partial charge on any atom is 0.258 e. The number of rotatable bonds is 32. The van der Waals surface area contributed by atoms with Crippen LogP contribution >= 0.6 is 0 Å². The maximum absolute atomic E-state index is 12.4. The number of likely N-dealkylation sites (N-methyl/N-ethyl adjacent to an activating group) is 1. The lowest BCUT2D eigenvalue weighted by Gasteiger charge is -2.21. The molecule has 684 valence electrons. The van der Waals surface area contributed by atoms with Crippen molar-refractivity contribution in [2.45, 2.75) is 203 Å². The summed E-state index contributed by atoms with van der Waals surface area (Å²) in [6.45, 7) is 26.6. The van der Waals surface area contributed by atoms with E-state index in [1.54, 1.807) is 67.6 Å². The largest absolute Gasteiger partial charge is 0.490 e. The van der Waals surface area contributed by atoms with E-state index in [1.807, 2.05) is 161 Å². The number of sulfonamides is 2. The Hall–Kier alpha value is -13.6. The van der Waals surface area contributed by atoms with Crippen molar-refractivity contribution < 1.29 is 63.5 Å². The van der Waals surface area contributed by atoms with E-state index in [1.165, 1.54) is 22.3 Å². The third kappa shape index (κ3) is 23.2. The Morgan fingerprint density at radius 2 is 0.667 bits per heavy atom. The first-order valence-electron chi connectivity index (χ1n) is 44.4. The van der Waals surface area contributed by atoms with E-state index >= 15 is 0 Å². The van der Waals surface area contributed by atoms with E-state index in [9.17, 15) is 47.5 Å². The number of hydrogen-bond acceptors (Lipinski definition) is 28. The SMILES string of the molecule is CC(=O)CN[C@@H]1CCc2c(-c3noc(-c4ccc(OC(C)C)c(C#N)c4)n3)cccc21.CCCS(=O)(=O)N[C@H]1CCc2c(-c3noc(-c4ccc(OC(C)C)c(C#N)c4)n3)cccc21.CCCS(=O)(=O)N[C@H]1CCc2c(-c3noc(-c4ccc(OC(C)C)c(C#N)c4)n3)cccc21.CCN(CC)C(=O)CN[C@@H]1CCc2c(-c3noc(-c4ccc(OC(C)C)c(C#N)c4)n3)cccc21. The van der Waals surface area contributed by atoms with Crippen LogP contribution in [0.3, 0.4) is 0 Å². The molecule has 0 bridgehead atoms. The van der Waals surface area contributed by atoms with E-state index in [0.717, 1.165) is 70.2 Å². The van der Waals surface area contributed by atoms with Crippen molar-refractivity contribution in [2.75, 3.05) is 37.7 Å². The standard InChI is InChI=1S/C27H31N5O3.2C24H26N4O4S.C24H24N4O3/c1-5-32(6-2)25(33)16-29-23-12-11-20-21(23)8-7-9-22(20)26-30-27(35-31-26)18-10-13-24(34-17(3)4)19(14-18)15-28;2*1-4-12-33(29,30)28-21-10-9-18-19(21)6-5-7-20(18)23-26-24(32-27-23)16-8-11-22(31-15(2)3)17(13-16)14-25;1-14(2)30-22-10-7-16(11-17(22)12-25)24-27-23(28-31-24)20-6-4-5-19-18(20)8-9-21(19)26-13-15(3)29/h7-10,13-14,17,23,29H,5-6,11-12,16H2,1-4H3;2*5-8,11,13,15,21,28H,4,9-10,12H2,1-3H3;4-7,10-11,14,21,26H,8-9,13H2,1-3H3/t23-;3*21-/m1001/s1. The van der Waals surface area contributed by atoms with Gasteiger partial charge < -0.3 is 52.6 Å². The van der Waals surface area contributed by atoms with E-state index < -0.39 is 20.0 Å². The average molecular weight is 1820 g/mol. The predicted octanol–water partition coefficient (Wildman–Crippen LogP) is 17.5. The molecule has 1 amide bonds. The zero-order valence-corrected chi connectivity index (χ0v) is 77.8. The van der Waals surface area contributed by atoms with Gasteiger partial charge in [0.1, 0.15) is 53.1 Å². The van der Waals surface area contributed by atoms with Crippen LogP contribution in [-0.2, 0) is 55.3 Å². The molecule has 0 saturated heterocycles. The average Bonchev–Trinajstić information content (AvgIpc) is 1.64. The van der Waals surface area contributed by atoms with Gasteiger partial charge in [-0.05, 0) is 258 Å². The number of carbonyl (C=O) groups excluding carboxylic acids is 2. The van der Waals surface area contributed by atoms with Crippen molar-refractivity contribution in [3.8, 4) is 139 Å². The van der Waals surface area contributed by atoms with Crippen LogP contribution in [0.2, 0.25) is 0 Å². The molecule has 4 aromatic heterocycles. The molecule has 132 heavy (non-hydrogen) atoms. The molecule has 16 rings (SSSR count). The van der Waals surface area contributed by atoms with Crippen molar-refractivity contribution in [2.24, 2.45) is 0 Å². The Kier molecular flexibility index (Phi) is 31.5. The fourth-order valence-electron chi connectivity index (χ4n) is 16.6. The molecule has 33 heteroatoms. The zero-order valence-electron chi connectivity index (χ0n) is 76.1. The number of Topliss-reactive ketones (excluding diaryl/α,β-unsaturated/α-hetero) is 1. The van der Waals surface area contributed by atoms with Gasteiger partial charge in [0.25, 0.3) is 23.6 Å². The highest BCUT2D eigenvalue weighted by Crippen LogP contribution is 2.44. The Bertz CT molecular complexity index is 6380. The van der Waals surface area contributed by atoms with E-state index in [4.69, 9.17) is 37.0 Å². The topological polar surface area (TPSA) is 442 Å². The zero-order chi connectivity index (χ0) is 94.1. The number of fused-ring (bicyclic) bond motifs is 4. The second-order valence-corrected chi connectivity index (χ2v) is 37.2. The Morgan fingerprint density at radius 1 is 0.402 bits per heavy atom. The minimum absolute atomic E-state index is 0.0260. The van der Waals surface area contributed by atoms with Gasteiger partial charge in [-0.15, -0.1) is 0 Å². The highest BCUT2D eigenvalue weighted by Gasteiger charge is 2.34. The molecule has 12 aromatic rings. The Balaban J connectivity index is 0.000000150. The molecule has 0 saturated carbocycles. The molecule has 8 aromatic carbocycles. The first-order valence-corrected chi connectivity index (χ1v) is 47.8. The molecule has 4 N–H and O–H groups in total. The molecular weight excluding hydrogens is 1720 g/mol. The first kappa shape index (κ1) is 95.9. The summed E-state index contributed by atoms with van der Waals surface area (Å²) in [6, 6.07) is 52.9. The lowest BCUT2D eigenvalue weighted by molar-refractivity contribution is -0.130. The maximum atomic E-state index is 12.4. The second-order valence-electron chi connectivity index (χ2n) is 33.4. The van der Waals surface area contributed by atoms with Gasteiger partial charge in [0.15, 0.2) is 0 Å². The summed E-state index contributed by atoms with van der Waals surface area (Å²) in [5.41, 5.74) is 16.3. The Labute approximate surface area is 768 Å². The molecule has 4 aliphatic rings. The number of aromatic nitrogens is 8. The smallest absolute Gasteiger partial charge is 0.258 e. The van der Waals surface area contributed by atoms with Gasteiger partial charge in [-0.1, -0.05) is 107 Å². The summed E-state index contributed by atoms with van der Waals surface area (Å²) >= 11 is 0. The monoisotopic (exact) mass is 1820 g/mol. The van der Waals surface area contributed by atoms with Crippen LogP contribution in [0.5, 0.6) is 23.0 Å². The molecular formula is C99H107N17O14S2. The van der Waals surface area contributed by atoms with Gasteiger partial charge >= 0.3 is 0 Å². The molecule has 4 atom stereocenters. The van der Waals surface area contributed by atoms with Crippen molar-refractivity contribution in [3.63, 3.8) is 0 Å². The summed E-state index contributed by atoms with van der Waals surface area (Å²) in [4.78, 5) is 43.9. The van der Waals surface area contributed by atoms with Crippen LogP contribution in [0, 0.1) is 45.3 Å². The molecule has 4 aliphatic carbocycles. The van der Waals surface area contributed by atoms with Gasteiger partial charge in [-0.3, -0.25) is 9.59 Å². The van der Waals surface area contributed by atoms with Crippen LogP contribution in [0.4, 0.5) is 0 Å². The van der Waals surface area contributed by atoms with Gasteiger partial charge in [-0.2, -0.15) is 41.0 Å². The van der Waals surface area contributed by atoms with Crippen molar-refractivity contribution >= 4 is 31.7 Å². The van der Waals surface area contributed by atoms with Gasteiger partial charge in [0.05, 0.1) is 71.3 Å². The van der Waals surface area contributed by atoms with Crippen molar-refractivity contribution in [1.29, 1.82) is 21.0 Å². The number of amides is 1. The molecule has 0 spiro atoms. The number of nitrogens with zero attached hydrogens (tertiary/aromatic N) is 13. The molecule has 0 unspecified atom stereocenters. The summed E-state index contributed by atoms with van der Waals surface area (Å²) in [5, 5.41) is 61.5. The fraction of sp³-hybridized carbons (Fsp3) is 0.374. The van der Waals surface area contributed by atoms with Crippen LogP contribution < -0.4 is 39.0 Å². The number of nitrogens with one attached hydrogen (secondary N) is 4. The minimum atomic E-state index is -3.32. The van der Waals surface area contributed by atoms with E-state index in [2.05, 4.69) is 97.0 Å². The quantitative estimate of drug-likeness (QED) is 0.0304. The van der Waals surface area contributed by atoms with Crippen molar-refractivity contribution in [1.82, 2.24) is 65.5 Å². The van der Waals surface area contributed by atoms with Crippen LogP contribution in [-0.4, -0.2) is 136 Å². The van der Waals surface area contributed by atoms with Gasteiger partial charge in [0.2, 0.25) is 49.3 Å². The minimum Gasteiger partial charge on any atom is -0.490 e. The van der Waals surface area contributed by atoms with Gasteiger partial charge in [0, 0.05) is 81.8 Å². The number of ketones is 1. The Morgan fingerprint density at radius 3 is 0.917 bits per heavy atom. The molecule has 0 aliphatic heterocycles. The van der Waals surface area contributed by atoms with E-state index in [0.29, 0.717) is 179 Å². The molecule has 0 radical (unpaired) electrons. The number of ether oxygens (including phenoxy) is 4. The fourth-order valence-corrected chi connectivity index (χ4v) is 19.3. The summed E-state index contributed by atoms with van der Waals surface area (Å²) in [7, 11) is -6.64. The van der Waals surface area contributed by atoms with Crippen molar-refractivity contribution in [3.05, 3.63) is 212 Å². The highest BCUT2D eigenvalue weighted by molar-refractivity contribution is 7.89. The highest BCUT2D eigenvalue weighted by atomic mass is 32.2. The molecule has 4 heterocycles. The number of nitriles is 4. The number of hydrogen-bond donors (Lipinski definition) is 4. The van der Waals surface area contributed by atoms with E-state index in [-0.39, 0.29) is 71.8 Å². The first-order chi connectivity index (χ1) is 63.5. The lowest BCUT2D eigenvalue weighted by atomic mass is 10.0. The third-order valence-electron chi connectivity index (χ3n) is 22.4. The predicted molar refractivity (Wildman–Crippen MR) is 496 cm³/mol. The second kappa shape index (κ2) is 43.4. The van der Waals surface area contributed by atoms with Crippen LogP contribution in [0.1, 0.15) is 219 Å². The van der Waals surface area contributed by atoms with Crippen LogP contribution in [0.25, 0.3) is 91.4 Å². The number of benzene rings is 8. The number of carbonyl (C=O) groups is 2. The molecule has 0 fully saturated rings. The van der Waals surface area contributed by atoms with Gasteiger partial charge in [-0.25, -0.2) is 26.3 Å².